The fraction of sp³-hybridized carbons (Fsp3) is 0.417. The first-order valence-corrected chi connectivity index (χ1v) is 7.37. The van der Waals surface area contributed by atoms with E-state index < -0.39 is 35.7 Å². The van der Waals surface area contributed by atoms with Crippen LogP contribution in [0.1, 0.15) is 0 Å². The maximum absolute atomic E-state index is 12.2. The Bertz CT molecular complexity index is 537. The van der Waals surface area contributed by atoms with Crippen molar-refractivity contribution in [1.29, 1.82) is 0 Å². The third-order valence-electron chi connectivity index (χ3n) is 2.59. The van der Waals surface area contributed by atoms with Gasteiger partial charge in [-0.2, -0.15) is 13.2 Å². The van der Waals surface area contributed by atoms with Crippen LogP contribution in [0.4, 0.5) is 23.7 Å². The molecular weight excluding hydrogens is 309 g/mol. The van der Waals surface area contributed by atoms with Gasteiger partial charge >= 0.3 is 12.2 Å². The zero-order valence-corrected chi connectivity index (χ0v) is 12.2. The van der Waals surface area contributed by atoms with E-state index in [0.29, 0.717) is 15.5 Å². The number of aliphatic hydroxyl groups excluding tert-OH is 1. The molecule has 0 aliphatic rings. The van der Waals surface area contributed by atoms with Crippen LogP contribution in [0.2, 0.25) is 0 Å². The van der Waals surface area contributed by atoms with Gasteiger partial charge in [0.1, 0.15) is 0 Å². The van der Waals surface area contributed by atoms with Crippen molar-refractivity contribution in [3.8, 4) is 0 Å². The Hall–Kier alpha value is -1.61. The Morgan fingerprint density at radius 1 is 1.48 bits per heavy atom. The molecule has 5 nitrogen and oxygen atoms in total. The number of nitrogens with zero attached hydrogens (tertiary/aromatic N) is 1. The van der Waals surface area contributed by atoms with E-state index in [1.807, 2.05) is 0 Å². The van der Waals surface area contributed by atoms with Crippen LogP contribution in [-0.4, -0.2) is 52.4 Å². The minimum Gasteiger partial charge on any atom is -0.382 e. The van der Waals surface area contributed by atoms with Crippen molar-refractivity contribution in [1.82, 2.24) is 4.90 Å². The Morgan fingerprint density at radius 2 is 2.10 bits per heavy atom. The fourth-order valence-corrected chi connectivity index (χ4v) is 1.98. The highest BCUT2D eigenvalue weighted by Crippen LogP contribution is 2.20. The summed E-state index contributed by atoms with van der Waals surface area (Å²) in [5.41, 5.74) is 0.307. The predicted octanol–water partition coefficient (Wildman–Crippen LogP) is 1.81. The van der Waals surface area contributed by atoms with E-state index in [1.165, 1.54) is 18.4 Å². The zero-order chi connectivity index (χ0) is 16.2. The van der Waals surface area contributed by atoms with Gasteiger partial charge in [0.05, 0.1) is 6.54 Å². The van der Waals surface area contributed by atoms with Crippen LogP contribution in [0, 0.1) is 0 Å². The number of amides is 2. The zero-order valence-electron chi connectivity index (χ0n) is 11.3. The van der Waals surface area contributed by atoms with Crippen molar-refractivity contribution in [3.05, 3.63) is 24.3 Å². The number of benzene rings is 1. The van der Waals surface area contributed by atoms with Gasteiger partial charge in [-0.25, -0.2) is 4.79 Å². The van der Waals surface area contributed by atoms with E-state index in [-0.39, 0.29) is 0 Å². The number of rotatable bonds is 4. The number of hydrogen-bond acceptors (Lipinski definition) is 3. The van der Waals surface area contributed by atoms with E-state index in [4.69, 9.17) is 5.11 Å². The summed E-state index contributed by atoms with van der Waals surface area (Å²) in [6, 6.07) is 5.33. The summed E-state index contributed by atoms with van der Waals surface area (Å²) in [7, 11) is -0.108. The molecule has 0 radical (unpaired) electrons. The van der Waals surface area contributed by atoms with Crippen molar-refractivity contribution in [2.45, 2.75) is 17.2 Å². The van der Waals surface area contributed by atoms with Crippen molar-refractivity contribution >= 4 is 22.5 Å². The van der Waals surface area contributed by atoms with Gasteiger partial charge in [0.25, 0.3) is 0 Å². The number of nitrogens with one attached hydrogen (secondary N) is 1. The third kappa shape index (κ3) is 5.35. The molecule has 0 aliphatic carbocycles. The largest absolute Gasteiger partial charge is 0.416 e. The first-order chi connectivity index (χ1) is 9.61. The standard InChI is InChI=1S/C12H15F3N2O3S/c1-17(7-10(18)12(13,14)15)11(19)16-8-4-3-5-9(6-8)21(2)20/h3-6,10,18H,7H2,1-2H3,(H,16,19)/t10-,21+/m0/s1. The smallest absolute Gasteiger partial charge is 0.382 e. The van der Waals surface area contributed by atoms with Crippen molar-refractivity contribution in [2.24, 2.45) is 0 Å². The van der Waals surface area contributed by atoms with E-state index >= 15 is 0 Å². The quantitative estimate of drug-likeness (QED) is 0.887. The number of halogens is 3. The van der Waals surface area contributed by atoms with E-state index in [1.54, 1.807) is 12.1 Å². The fourth-order valence-electron chi connectivity index (χ4n) is 1.42. The summed E-state index contributed by atoms with van der Waals surface area (Å²) in [5, 5.41) is 11.3. The molecule has 2 N–H and O–H groups in total. The summed E-state index contributed by atoms with van der Waals surface area (Å²) in [4.78, 5) is 12.9. The Kier molecular flexibility index (Phi) is 5.73. The highest BCUT2D eigenvalue weighted by molar-refractivity contribution is 7.84. The molecule has 2 atom stereocenters. The Balaban J connectivity index is 2.68. The molecular formula is C12H15F3N2O3S. The average Bonchev–Trinajstić information content (AvgIpc) is 2.37. The van der Waals surface area contributed by atoms with Gasteiger partial charge in [0.2, 0.25) is 0 Å². The van der Waals surface area contributed by atoms with Gasteiger partial charge in [0, 0.05) is 34.7 Å². The van der Waals surface area contributed by atoms with Gasteiger partial charge in [-0.15, -0.1) is 0 Å². The van der Waals surface area contributed by atoms with Crippen LogP contribution in [0.3, 0.4) is 0 Å². The lowest BCUT2D eigenvalue weighted by Gasteiger charge is -2.22. The number of carbonyl (C=O) groups excluding carboxylic acids is 1. The summed E-state index contributed by atoms with van der Waals surface area (Å²) >= 11 is 0. The van der Waals surface area contributed by atoms with Gasteiger partial charge in [-0.3, -0.25) is 4.21 Å². The lowest BCUT2D eigenvalue weighted by atomic mass is 10.3. The molecule has 0 aromatic heterocycles. The second-order valence-electron chi connectivity index (χ2n) is 4.35. The second-order valence-corrected chi connectivity index (χ2v) is 5.73. The second kappa shape index (κ2) is 6.90. The van der Waals surface area contributed by atoms with Crippen LogP contribution >= 0.6 is 0 Å². The molecule has 0 aliphatic heterocycles. The van der Waals surface area contributed by atoms with Crippen LogP contribution < -0.4 is 5.32 Å². The van der Waals surface area contributed by atoms with Gasteiger partial charge < -0.3 is 15.3 Å². The SMILES string of the molecule is CN(C[C@H](O)C(F)(F)F)C(=O)Nc1cccc([S@@](C)=O)c1. The first kappa shape index (κ1) is 17.4. The lowest BCUT2D eigenvalue weighted by molar-refractivity contribution is -0.205. The molecule has 1 rings (SSSR count). The summed E-state index contributed by atoms with van der Waals surface area (Å²) in [6.07, 6.45) is -5.93. The monoisotopic (exact) mass is 324 g/mol. The predicted molar refractivity (Wildman–Crippen MR) is 72.5 cm³/mol. The molecule has 21 heavy (non-hydrogen) atoms. The number of carbonyl (C=O) groups is 1. The highest BCUT2D eigenvalue weighted by atomic mass is 32.2. The summed E-state index contributed by atoms with van der Waals surface area (Å²) < 4.78 is 47.9. The van der Waals surface area contributed by atoms with Crippen LogP contribution in [-0.2, 0) is 10.8 Å². The molecule has 0 unspecified atom stereocenters. The third-order valence-corrected chi connectivity index (χ3v) is 3.51. The molecule has 9 heteroatoms. The minimum absolute atomic E-state index is 0.307. The van der Waals surface area contributed by atoms with E-state index in [9.17, 15) is 22.2 Å². The number of aliphatic hydroxyl groups is 1. The highest BCUT2D eigenvalue weighted by Gasteiger charge is 2.39. The van der Waals surface area contributed by atoms with Crippen molar-refractivity contribution < 1.29 is 27.3 Å². The summed E-state index contributed by atoms with van der Waals surface area (Å²) in [5.74, 6) is 0. The van der Waals surface area contributed by atoms with Gasteiger partial charge in [-0.1, -0.05) is 6.07 Å². The van der Waals surface area contributed by atoms with Crippen molar-refractivity contribution in [3.63, 3.8) is 0 Å². The normalized spacial score (nSPS) is 14.4. The molecule has 0 saturated carbocycles. The molecule has 0 fully saturated rings. The number of likely N-dealkylation sites (N-methyl/N-ethyl adjacent to an activating group) is 1. The molecule has 2 amide bonds. The number of alkyl halides is 3. The maximum Gasteiger partial charge on any atom is 0.416 e. The minimum atomic E-state index is -4.78. The molecule has 118 valence electrons. The van der Waals surface area contributed by atoms with Crippen molar-refractivity contribution in [2.75, 3.05) is 25.2 Å². The van der Waals surface area contributed by atoms with Crippen LogP contribution in [0.5, 0.6) is 0 Å². The van der Waals surface area contributed by atoms with Gasteiger partial charge in [-0.05, 0) is 18.2 Å². The molecule has 0 saturated heterocycles. The first-order valence-electron chi connectivity index (χ1n) is 5.81. The average molecular weight is 324 g/mol. The molecule has 1 aromatic carbocycles. The maximum atomic E-state index is 12.2. The lowest BCUT2D eigenvalue weighted by Crippen LogP contribution is -2.43. The van der Waals surface area contributed by atoms with Gasteiger partial charge in [0.15, 0.2) is 6.10 Å². The number of urea groups is 1. The summed E-state index contributed by atoms with van der Waals surface area (Å²) in [6.45, 7) is -0.880. The van der Waals surface area contributed by atoms with Crippen LogP contribution in [0.15, 0.2) is 29.2 Å². The number of hydrogen-bond donors (Lipinski definition) is 2. The molecule has 0 heterocycles. The topological polar surface area (TPSA) is 69.6 Å². The molecule has 0 bridgehead atoms. The van der Waals surface area contributed by atoms with E-state index in [0.717, 1.165) is 7.05 Å². The Morgan fingerprint density at radius 3 is 2.62 bits per heavy atom. The number of anilines is 1. The molecule has 1 aromatic rings. The molecule has 0 spiro atoms. The van der Waals surface area contributed by atoms with E-state index in [2.05, 4.69) is 5.32 Å². The van der Waals surface area contributed by atoms with Crippen LogP contribution in [0.25, 0.3) is 0 Å². The Labute approximate surface area is 122 Å².